The summed E-state index contributed by atoms with van der Waals surface area (Å²) >= 11 is 0. The summed E-state index contributed by atoms with van der Waals surface area (Å²) in [5.74, 6) is 2.36. The minimum absolute atomic E-state index is 0.711. The Labute approximate surface area is 130 Å². The highest BCUT2D eigenvalue weighted by molar-refractivity contribution is 5.86. The second-order valence-electron chi connectivity index (χ2n) is 5.46. The molecule has 0 aliphatic carbocycles. The summed E-state index contributed by atoms with van der Waals surface area (Å²) < 4.78 is 12.0. The number of hydrogen-bond donors (Lipinski definition) is 1. The number of aryl methyl sites for hydroxylation is 1. The number of nitrogens with one attached hydrogen (secondary N) is 1. The smallest absolute Gasteiger partial charge is 0.169 e. The Balaban J connectivity index is 1.90. The molecule has 3 aromatic rings. The van der Waals surface area contributed by atoms with E-state index < -0.39 is 0 Å². The molecule has 3 heteroatoms. The zero-order valence-electron chi connectivity index (χ0n) is 13.1. The van der Waals surface area contributed by atoms with Gasteiger partial charge in [-0.15, -0.1) is 0 Å². The summed E-state index contributed by atoms with van der Waals surface area (Å²) in [6, 6.07) is 14.1. The second-order valence-corrected chi connectivity index (χ2v) is 5.46. The molecule has 22 heavy (non-hydrogen) atoms. The van der Waals surface area contributed by atoms with Crippen molar-refractivity contribution in [3.8, 4) is 17.2 Å². The molecule has 0 fully saturated rings. The Bertz CT molecular complexity index is 761. The van der Waals surface area contributed by atoms with Crippen molar-refractivity contribution in [2.45, 2.75) is 26.7 Å². The molecule has 3 nitrogen and oxygen atoms in total. The van der Waals surface area contributed by atoms with Gasteiger partial charge in [0.2, 0.25) is 0 Å². The number of rotatable bonds is 6. The van der Waals surface area contributed by atoms with Crippen LogP contribution in [-0.4, -0.2) is 11.6 Å². The van der Waals surface area contributed by atoms with Gasteiger partial charge in [0.05, 0.1) is 12.1 Å². The molecule has 3 rings (SSSR count). The molecule has 0 amide bonds. The van der Waals surface area contributed by atoms with E-state index in [1.54, 1.807) is 0 Å². The Morgan fingerprint density at radius 3 is 2.64 bits per heavy atom. The van der Waals surface area contributed by atoms with Gasteiger partial charge < -0.3 is 14.5 Å². The third-order valence-electron chi connectivity index (χ3n) is 3.59. The highest BCUT2D eigenvalue weighted by Crippen LogP contribution is 2.35. The highest BCUT2D eigenvalue weighted by Gasteiger charge is 2.10. The summed E-state index contributed by atoms with van der Waals surface area (Å²) in [7, 11) is 0. The van der Waals surface area contributed by atoms with Crippen LogP contribution in [0.3, 0.4) is 0 Å². The summed E-state index contributed by atoms with van der Waals surface area (Å²) in [6.07, 6.45) is 4.09. The molecule has 0 saturated carbocycles. The Morgan fingerprint density at radius 2 is 1.82 bits per heavy atom. The van der Waals surface area contributed by atoms with Gasteiger partial charge >= 0.3 is 0 Å². The largest absolute Gasteiger partial charge is 0.490 e. The molecule has 1 aromatic heterocycles. The van der Waals surface area contributed by atoms with Crippen molar-refractivity contribution in [3.05, 3.63) is 54.2 Å². The van der Waals surface area contributed by atoms with Crippen LogP contribution in [0.4, 0.5) is 0 Å². The lowest BCUT2D eigenvalue weighted by atomic mass is 10.1. The summed E-state index contributed by atoms with van der Waals surface area (Å²) in [5.41, 5.74) is 2.18. The van der Waals surface area contributed by atoms with Gasteiger partial charge in [-0.3, -0.25) is 0 Å². The van der Waals surface area contributed by atoms with E-state index in [9.17, 15) is 0 Å². The van der Waals surface area contributed by atoms with E-state index in [0.29, 0.717) is 6.61 Å². The SMILES string of the molecule is CCCCOc1ccccc1Oc1cc(C)cc2cc[nH]c12. The molecule has 1 heterocycles. The molecule has 114 valence electrons. The monoisotopic (exact) mass is 295 g/mol. The van der Waals surface area contributed by atoms with E-state index in [-0.39, 0.29) is 0 Å². The lowest BCUT2D eigenvalue weighted by Gasteiger charge is -2.13. The van der Waals surface area contributed by atoms with Crippen LogP contribution in [0.1, 0.15) is 25.3 Å². The minimum atomic E-state index is 0.711. The maximum absolute atomic E-state index is 6.14. The van der Waals surface area contributed by atoms with Crippen molar-refractivity contribution in [1.82, 2.24) is 4.98 Å². The van der Waals surface area contributed by atoms with Gasteiger partial charge in [-0.25, -0.2) is 0 Å². The van der Waals surface area contributed by atoms with Crippen molar-refractivity contribution >= 4 is 10.9 Å². The highest BCUT2D eigenvalue weighted by atomic mass is 16.5. The van der Waals surface area contributed by atoms with Crippen LogP contribution in [0, 0.1) is 6.92 Å². The maximum atomic E-state index is 6.14. The first-order valence-corrected chi connectivity index (χ1v) is 7.75. The van der Waals surface area contributed by atoms with E-state index in [1.165, 1.54) is 5.56 Å². The fourth-order valence-electron chi connectivity index (χ4n) is 2.46. The molecule has 0 radical (unpaired) electrons. The van der Waals surface area contributed by atoms with Crippen molar-refractivity contribution < 1.29 is 9.47 Å². The lowest BCUT2D eigenvalue weighted by Crippen LogP contribution is -1.98. The number of aromatic amines is 1. The van der Waals surface area contributed by atoms with Crippen molar-refractivity contribution in [2.75, 3.05) is 6.61 Å². The molecule has 0 unspecified atom stereocenters. The number of para-hydroxylation sites is 2. The van der Waals surface area contributed by atoms with E-state index in [4.69, 9.17) is 9.47 Å². The van der Waals surface area contributed by atoms with Crippen molar-refractivity contribution in [1.29, 1.82) is 0 Å². The molecule has 0 bridgehead atoms. The van der Waals surface area contributed by atoms with E-state index in [1.807, 2.05) is 36.5 Å². The molecular weight excluding hydrogens is 274 g/mol. The van der Waals surface area contributed by atoms with E-state index in [0.717, 1.165) is 41.0 Å². The van der Waals surface area contributed by atoms with Gasteiger partial charge in [-0.2, -0.15) is 0 Å². The zero-order valence-corrected chi connectivity index (χ0v) is 13.1. The normalized spacial score (nSPS) is 10.8. The molecule has 0 spiro atoms. The van der Waals surface area contributed by atoms with Crippen molar-refractivity contribution in [3.63, 3.8) is 0 Å². The number of benzene rings is 2. The van der Waals surface area contributed by atoms with Crippen LogP contribution in [0.15, 0.2) is 48.7 Å². The Kier molecular flexibility index (Phi) is 4.33. The average molecular weight is 295 g/mol. The number of aromatic nitrogens is 1. The third kappa shape index (κ3) is 3.08. The quantitative estimate of drug-likeness (QED) is 0.614. The summed E-state index contributed by atoms with van der Waals surface area (Å²) in [4.78, 5) is 3.24. The predicted molar refractivity (Wildman–Crippen MR) is 90.0 cm³/mol. The van der Waals surface area contributed by atoms with Gasteiger partial charge in [-0.05, 0) is 49.2 Å². The summed E-state index contributed by atoms with van der Waals surface area (Å²) in [5, 5.41) is 1.15. The van der Waals surface area contributed by atoms with E-state index >= 15 is 0 Å². The third-order valence-corrected chi connectivity index (χ3v) is 3.59. The van der Waals surface area contributed by atoms with Gasteiger partial charge in [0.1, 0.15) is 0 Å². The van der Waals surface area contributed by atoms with Gasteiger partial charge in [0.15, 0.2) is 17.2 Å². The van der Waals surface area contributed by atoms with E-state index in [2.05, 4.69) is 31.0 Å². The first-order valence-electron chi connectivity index (χ1n) is 7.75. The molecular formula is C19H21NO2. The molecule has 0 atom stereocenters. The molecule has 0 aliphatic heterocycles. The fraction of sp³-hybridized carbons (Fsp3) is 0.263. The Hall–Kier alpha value is -2.42. The van der Waals surface area contributed by atoms with Gasteiger partial charge in [0.25, 0.3) is 0 Å². The Morgan fingerprint density at radius 1 is 1.00 bits per heavy atom. The molecule has 0 aliphatic rings. The summed E-state index contributed by atoms with van der Waals surface area (Å²) in [6.45, 7) is 4.94. The van der Waals surface area contributed by atoms with Crippen LogP contribution in [0.25, 0.3) is 10.9 Å². The van der Waals surface area contributed by atoms with Gasteiger partial charge in [0, 0.05) is 11.6 Å². The first kappa shape index (κ1) is 14.5. The molecule has 2 aromatic carbocycles. The first-order chi connectivity index (χ1) is 10.8. The van der Waals surface area contributed by atoms with Crippen LogP contribution >= 0.6 is 0 Å². The number of H-pyrrole nitrogens is 1. The molecule has 0 saturated heterocycles. The zero-order chi connectivity index (χ0) is 15.4. The second kappa shape index (κ2) is 6.56. The number of fused-ring (bicyclic) bond motifs is 1. The topological polar surface area (TPSA) is 34.2 Å². The van der Waals surface area contributed by atoms with Crippen LogP contribution < -0.4 is 9.47 Å². The number of ether oxygens (including phenoxy) is 2. The number of hydrogen-bond acceptors (Lipinski definition) is 2. The van der Waals surface area contributed by atoms with Crippen LogP contribution in [-0.2, 0) is 0 Å². The maximum Gasteiger partial charge on any atom is 0.169 e. The average Bonchev–Trinajstić information content (AvgIpc) is 2.97. The predicted octanol–water partition coefficient (Wildman–Crippen LogP) is 5.45. The van der Waals surface area contributed by atoms with Crippen molar-refractivity contribution in [2.24, 2.45) is 0 Å². The minimum Gasteiger partial charge on any atom is -0.490 e. The molecule has 1 N–H and O–H groups in total. The van der Waals surface area contributed by atoms with Crippen LogP contribution in [0.5, 0.6) is 17.2 Å². The fourth-order valence-corrected chi connectivity index (χ4v) is 2.46. The lowest BCUT2D eigenvalue weighted by molar-refractivity contribution is 0.295. The standard InChI is InChI=1S/C19H21NO2/c1-3-4-11-21-16-7-5-6-8-17(16)22-18-13-14(2)12-15-9-10-20-19(15)18/h5-10,12-13,20H,3-4,11H2,1-2H3. The van der Waals surface area contributed by atoms with Gasteiger partial charge in [-0.1, -0.05) is 25.5 Å². The number of unbranched alkanes of at least 4 members (excludes halogenated alkanes) is 1. The van der Waals surface area contributed by atoms with Crippen LogP contribution in [0.2, 0.25) is 0 Å².